The molecule has 0 aliphatic carbocycles. The third-order valence-electron chi connectivity index (χ3n) is 3.37. The third kappa shape index (κ3) is 9.10. The van der Waals surface area contributed by atoms with Crippen LogP contribution in [0.5, 0.6) is 0 Å². The highest BCUT2D eigenvalue weighted by Crippen LogP contribution is 2.15. The molecule has 0 heterocycles. The van der Waals surface area contributed by atoms with E-state index in [0.29, 0.717) is 5.92 Å². The van der Waals surface area contributed by atoms with Gasteiger partial charge in [0.25, 0.3) is 0 Å². The van der Waals surface area contributed by atoms with Gasteiger partial charge < -0.3 is 14.8 Å². The first kappa shape index (κ1) is 18.4. The van der Waals surface area contributed by atoms with Gasteiger partial charge >= 0.3 is 0 Å². The second-order valence-corrected chi connectivity index (χ2v) is 5.73. The van der Waals surface area contributed by atoms with Crippen molar-refractivity contribution in [1.29, 1.82) is 0 Å². The van der Waals surface area contributed by atoms with Crippen molar-refractivity contribution in [3.8, 4) is 0 Å². The van der Waals surface area contributed by atoms with Crippen molar-refractivity contribution >= 4 is 11.6 Å². The zero-order valence-electron chi connectivity index (χ0n) is 13.2. The molecule has 0 amide bonds. The summed E-state index contributed by atoms with van der Waals surface area (Å²) in [4.78, 5) is 0. The van der Waals surface area contributed by atoms with Gasteiger partial charge in [0.2, 0.25) is 0 Å². The fraction of sp³-hybridized carbons (Fsp3) is 0.647. The second kappa shape index (κ2) is 12.0. The van der Waals surface area contributed by atoms with Gasteiger partial charge in [-0.3, -0.25) is 0 Å². The summed E-state index contributed by atoms with van der Waals surface area (Å²) in [6, 6.07) is 8.13. The number of ether oxygens (including phenoxy) is 2. The Morgan fingerprint density at radius 2 is 1.90 bits per heavy atom. The molecule has 0 aliphatic rings. The van der Waals surface area contributed by atoms with Gasteiger partial charge in [-0.2, -0.15) is 0 Å². The van der Waals surface area contributed by atoms with Crippen LogP contribution >= 0.6 is 11.6 Å². The molecule has 0 fully saturated rings. The van der Waals surface area contributed by atoms with Gasteiger partial charge in [-0.15, -0.1) is 0 Å². The highest BCUT2D eigenvalue weighted by atomic mass is 35.5. The topological polar surface area (TPSA) is 30.5 Å². The van der Waals surface area contributed by atoms with Crippen LogP contribution in [0.1, 0.15) is 25.3 Å². The van der Waals surface area contributed by atoms with Crippen LogP contribution < -0.4 is 5.32 Å². The van der Waals surface area contributed by atoms with Crippen LogP contribution in [0.25, 0.3) is 0 Å². The number of methoxy groups -OCH3 is 1. The van der Waals surface area contributed by atoms with Crippen LogP contribution in [-0.2, 0) is 15.9 Å². The Kier molecular flexibility index (Phi) is 10.5. The molecule has 1 unspecified atom stereocenters. The monoisotopic (exact) mass is 313 g/mol. The molecule has 0 radical (unpaired) electrons. The molecule has 1 rings (SSSR count). The molecule has 0 spiro atoms. The fourth-order valence-corrected chi connectivity index (χ4v) is 2.33. The first-order chi connectivity index (χ1) is 10.3. The Hall–Kier alpha value is -0.610. The van der Waals surface area contributed by atoms with Crippen molar-refractivity contribution in [2.24, 2.45) is 5.92 Å². The van der Waals surface area contributed by atoms with E-state index in [9.17, 15) is 0 Å². The quantitative estimate of drug-likeness (QED) is 0.599. The lowest BCUT2D eigenvalue weighted by molar-refractivity contribution is 0.119. The first-order valence-corrected chi connectivity index (χ1v) is 8.16. The predicted molar refractivity (Wildman–Crippen MR) is 89.1 cm³/mol. The lowest BCUT2D eigenvalue weighted by atomic mass is 9.96. The number of nitrogens with one attached hydrogen (secondary N) is 1. The molecule has 1 aromatic carbocycles. The zero-order chi connectivity index (χ0) is 15.3. The summed E-state index contributed by atoms with van der Waals surface area (Å²) in [5, 5.41) is 4.24. The average molecular weight is 314 g/mol. The van der Waals surface area contributed by atoms with E-state index in [1.54, 1.807) is 7.11 Å². The van der Waals surface area contributed by atoms with E-state index < -0.39 is 0 Å². The van der Waals surface area contributed by atoms with Gasteiger partial charge in [0.05, 0.1) is 6.61 Å². The maximum Gasteiger partial charge on any atom is 0.0587 e. The third-order valence-corrected chi connectivity index (χ3v) is 3.62. The fourth-order valence-electron chi connectivity index (χ4n) is 2.21. The molecule has 120 valence electrons. The van der Waals surface area contributed by atoms with Crippen LogP contribution in [0.2, 0.25) is 5.02 Å². The van der Waals surface area contributed by atoms with Crippen molar-refractivity contribution in [3.63, 3.8) is 0 Å². The molecule has 0 bridgehead atoms. The summed E-state index contributed by atoms with van der Waals surface area (Å²) in [5.74, 6) is 0.569. The van der Waals surface area contributed by atoms with Crippen molar-refractivity contribution < 1.29 is 9.47 Å². The van der Waals surface area contributed by atoms with Gasteiger partial charge in [0.1, 0.15) is 0 Å². The van der Waals surface area contributed by atoms with E-state index in [-0.39, 0.29) is 0 Å². The zero-order valence-corrected chi connectivity index (χ0v) is 14.0. The molecule has 0 aromatic heterocycles. The lowest BCUT2D eigenvalue weighted by Gasteiger charge is -2.18. The first-order valence-electron chi connectivity index (χ1n) is 7.78. The van der Waals surface area contributed by atoms with Gasteiger partial charge in [0.15, 0.2) is 0 Å². The number of hydrogen-bond acceptors (Lipinski definition) is 3. The Morgan fingerprint density at radius 3 is 2.57 bits per heavy atom. The summed E-state index contributed by atoms with van der Waals surface area (Å²) in [6.07, 6.45) is 3.20. The molecule has 0 saturated carbocycles. The molecule has 1 aromatic rings. The Morgan fingerprint density at radius 1 is 1.14 bits per heavy atom. The molecular formula is C17H28ClNO2. The van der Waals surface area contributed by atoms with E-state index in [4.69, 9.17) is 21.1 Å². The standard InChI is InChI=1S/C17H28ClNO2/c1-3-10-21-11-8-16(14-19-9-12-20-2)13-15-4-6-17(18)7-5-15/h4-7,16,19H,3,8-14H2,1-2H3. The highest BCUT2D eigenvalue weighted by molar-refractivity contribution is 6.30. The van der Waals surface area contributed by atoms with E-state index in [2.05, 4.69) is 24.4 Å². The van der Waals surface area contributed by atoms with Crippen LogP contribution in [0.4, 0.5) is 0 Å². The van der Waals surface area contributed by atoms with Crippen LogP contribution in [-0.4, -0.2) is 40.0 Å². The minimum atomic E-state index is 0.569. The minimum absolute atomic E-state index is 0.569. The summed E-state index contributed by atoms with van der Waals surface area (Å²) in [7, 11) is 1.73. The largest absolute Gasteiger partial charge is 0.383 e. The van der Waals surface area contributed by atoms with Crippen molar-refractivity contribution in [2.75, 3.05) is 40.0 Å². The van der Waals surface area contributed by atoms with E-state index in [0.717, 1.165) is 57.2 Å². The number of halogens is 1. The van der Waals surface area contributed by atoms with Gasteiger partial charge in [0, 0.05) is 31.9 Å². The molecule has 3 nitrogen and oxygen atoms in total. The summed E-state index contributed by atoms with van der Waals surface area (Å²) in [5.41, 5.74) is 1.33. The molecule has 4 heteroatoms. The average Bonchev–Trinajstić information content (AvgIpc) is 2.50. The normalized spacial score (nSPS) is 12.5. The van der Waals surface area contributed by atoms with Gasteiger partial charge in [-0.05, 0) is 49.4 Å². The maximum absolute atomic E-state index is 5.94. The SMILES string of the molecule is CCCOCCC(CNCCOC)Cc1ccc(Cl)cc1. The molecule has 0 saturated heterocycles. The number of benzene rings is 1. The van der Waals surface area contributed by atoms with Crippen LogP contribution in [0, 0.1) is 5.92 Å². The number of rotatable bonds is 12. The Labute approximate surface area is 134 Å². The van der Waals surface area contributed by atoms with Gasteiger partial charge in [-0.1, -0.05) is 30.7 Å². The lowest BCUT2D eigenvalue weighted by Crippen LogP contribution is -2.28. The molecule has 0 aliphatic heterocycles. The predicted octanol–water partition coefficient (Wildman–Crippen LogP) is 3.55. The smallest absolute Gasteiger partial charge is 0.0587 e. The molecule has 1 atom stereocenters. The minimum Gasteiger partial charge on any atom is -0.383 e. The summed E-state index contributed by atoms with van der Waals surface area (Å²) >= 11 is 5.94. The summed E-state index contributed by atoms with van der Waals surface area (Å²) in [6.45, 7) is 6.45. The second-order valence-electron chi connectivity index (χ2n) is 5.29. The van der Waals surface area contributed by atoms with Crippen molar-refractivity contribution in [2.45, 2.75) is 26.2 Å². The molecule has 21 heavy (non-hydrogen) atoms. The van der Waals surface area contributed by atoms with Crippen LogP contribution in [0.3, 0.4) is 0 Å². The van der Waals surface area contributed by atoms with E-state index in [1.807, 2.05) is 12.1 Å². The van der Waals surface area contributed by atoms with Gasteiger partial charge in [-0.25, -0.2) is 0 Å². The Balaban J connectivity index is 2.39. The van der Waals surface area contributed by atoms with Crippen molar-refractivity contribution in [3.05, 3.63) is 34.9 Å². The van der Waals surface area contributed by atoms with E-state index in [1.165, 1.54) is 5.56 Å². The maximum atomic E-state index is 5.94. The molecule has 1 N–H and O–H groups in total. The molecular weight excluding hydrogens is 286 g/mol. The number of hydrogen-bond donors (Lipinski definition) is 1. The summed E-state index contributed by atoms with van der Waals surface area (Å²) < 4.78 is 10.7. The van der Waals surface area contributed by atoms with Crippen molar-refractivity contribution in [1.82, 2.24) is 5.32 Å². The van der Waals surface area contributed by atoms with E-state index >= 15 is 0 Å². The van der Waals surface area contributed by atoms with Crippen LogP contribution in [0.15, 0.2) is 24.3 Å². The highest BCUT2D eigenvalue weighted by Gasteiger charge is 2.10. The Bertz CT molecular complexity index is 344.